The molecule has 4 nitrogen and oxygen atoms in total. The lowest BCUT2D eigenvalue weighted by Crippen LogP contribution is -2.36. The van der Waals surface area contributed by atoms with Crippen LogP contribution in [0.15, 0.2) is 47.4 Å². The molecular formula is C21H25N3OS2. The highest BCUT2D eigenvalue weighted by molar-refractivity contribution is 7.98. The number of hydrogen-bond donors (Lipinski definition) is 0. The Bertz CT molecular complexity index is 936. The Morgan fingerprint density at radius 2 is 1.93 bits per heavy atom. The van der Waals surface area contributed by atoms with E-state index in [4.69, 9.17) is 4.98 Å². The van der Waals surface area contributed by atoms with Crippen molar-refractivity contribution in [2.24, 2.45) is 0 Å². The molecule has 0 aliphatic heterocycles. The average molecular weight is 400 g/mol. The number of hydrogen-bond acceptors (Lipinski definition) is 5. The topological polar surface area (TPSA) is 36.4 Å². The van der Waals surface area contributed by atoms with Crippen LogP contribution in [0, 0.1) is 0 Å². The minimum atomic E-state index is 0.00449. The number of amides is 1. The van der Waals surface area contributed by atoms with Crippen LogP contribution in [0.2, 0.25) is 0 Å². The molecule has 0 spiro atoms. The summed E-state index contributed by atoms with van der Waals surface area (Å²) in [7, 11) is 4.04. The fraction of sp³-hybridized carbons (Fsp3) is 0.333. The van der Waals surface area contributed by atoms with Gasteiger partial charge in [-0.2, -0.15) is 0 Å². The van der Waals surface area contributed by atoms with Crippen molar-refractivity contribution in [1.29, 1.82) is 0 Å². The van der Waals surface area contributed by atoms with Gasteiger partial charge in [0.05, 0.1) is 10.2 Å². The summed E-state index contributed by atoms with van der Waals surface area (Å²) in [4.78, 5) is 23.2. The number of carbonyl (C=O) groups is 1. The van der Waals surface area contributed by atoms with Crippen molar-refractivity contribution >= 4 is 44.4 Å². The standard InChI is InChI=1S/C21H25N3OS2/c1-5-15-8-7-11-18-19(15)22-21(27-18)24(13-12-23(2)3)20(25)16-9-6-10-17(14-16)26-4/h6-11,14H,5,12-13H2,1-4H3. The molecule has 142 valence electrons. The van der Waals surface area contributed by atoms with Crippen LogP contribution < -0.4 is 4.90 Å². The Morgan fingerprint density at radius 3 is 2.63 bits per heavy atom. The highest BCUT2D eigenvalue weighted by Gasteiger charge is 2.22. The summed E-state index contributed by atoms with van der Waals surface area (Å²) in [6, 6.07) is 14.1. The van der Waals surface area contributed by atoms with Crippen molar-refractivity contribution in [3.8, 4) is 0 Å². The number of thiazole rings is 1. The minimum Gasteiger partial charge on any atom is -0.308 e. The lowest BCUT2D eigenvalue weighted by Gasteiger charge is -2.22. The summed E-state index contributed by atoms with van der Waals surface area (Å²) in [5, 5.41) is 0.771. The van der Waals surface area contributed by atoms with E-state index in [0.717, 1.165) is 33.2 Å². The van der Waals surface area contributed by atoms with E-state index in [1.807, 2.05) is 49.5 Å². The molecule has 0 atom stereocenters. The van der Waals surface area contributed by atoms with Crippen molar-refractivity contribution in [3.63, 3.8) is 0 Å². The molecule has 0 saturated heterocycles. The second-order valence-corrected chi connectivity index (χ2v) is 8.49. The van der Waals surface area contributed by atoms with Crippen molar-refractivity contribution < 1.29 is 4.79 Å². The SMILES string of the molecule is CCc1cccc2sc(N(CCN(C)C)C(=O)c3cccc(SC)c3)nc12. The molecule has 0 unspecified atom stereocenters. The number of aromatic nitrogens is 1. The van der Waals surface area contributed by atoms with Gasteiger partial charge in [0.15, 0.2) is 5.13 Å². The first kappa shape index (κ1) is 19.9. The quantitative estimate of drug-likeness (QED) is 0.535. The van der Waals surface area contributed by atoms with Crippen molar-refractivity contribution in [2.75, 3.05) is 38.3 Å². The predicted octanol–water partition coefficient (Wildman–Crippen LogP) is 4.79. The number of benzene rings is 2. The summed E-state index contributed by atoms with van der Waals surface area (Å²) in [6.07, 6.45) is 2.95. The van der Waals surface area contributed by atoms with Gasteiger partial charge in [-0.3, -0.25) is 9.69 Å². The number of rotatable bonds is 7. The van der Waals surface area contributed by atoms with Crippen LogP contribution in [0.4, 0.5) is 5.13 Å². The van der Waals surface area contributed by atoms with E-state index in [0.29, 0.717) is 12.1 Å². The second kappa shape index (κ2) is 8.87. The summed E-state index contributed by atoms with van der Waals surface area (Å²) in [5.74, 6) is 0.00449. The third-order valence-electron chi connectivity index (χ3n) is 4.44. The molecule has 3 aromatic rings. The van der Waals surface area contributed by atoms with E-state index < -0.39 is 0 Å². The van der Waals surface area contributed by atoms with Crippen LogP contribution in [0.5, 0.6) is 0 Å². The molecule has 1 aromatic heterocycles. The third-order valence-corrected chi connectivity index (χ3v) is 6.20. The van der Waals surface area contributed by atoms with Crippen molar-refractivity contribution in [3.05, 3.63) is 53.6 Å². The number of para-hydroxylation sites is 1. The summed E-state index contributed by atoms with van der Waals surface area (Å²) in [6.45, 7) is 3.53. The number of anilines is 1. The largest absolute Gasteiger partial charge is 0.308 e. The van der Waals surface area contributed by atoms with E-state index in [1.165, 1.54) is 5.56 Å². The first-order valence-electron chi connectivity index (χ1n) is 9.02. The number of nitrogens with zero attached hydrogens (tertiary/aromatic N) is 3. The lowest BCUT2D eigenvalue weighted by molar-refractivity contribution is 0.0985. The van der Waals surface area contributed by atoms with E-state index >= 15 is 0 Å². The molecule has 0 aliphatic rings. The maximum atomic E-state index is 13.3. The van der Waals surface area contributed by atoms with Crippen LogP contribution >= 0.6 is 23.1 Å². The van der Waals surface area contributed by atoms with Crippen molar-refractivity contribution in [2.45, 2.75) is 18.2 Å². The Kier molecular flexibility index (Phi) is 6.52. The lowest BCUT2D eigenvalue weighted by atomic mass is 10.1. The van der Waals surface area contributed by atoms with Gasteiger partial charge in [0, 0.05) is 23.5 Å². The number of thioether (sulfide) groups is 1. The van der Waals surface area contributed by atoms with Gasteiger partial charge in [-0.15, -0.1) is 11.8 Å². The highest BCUT2D eigenvalue weighted by atomic mass is 32.2. The van der Waals surface area contributed by atoms with Gasteiger partial charge in [0.2, 0.25) is 0 Å². The van der Waals surface area contributed by atoms with Gasteiger partial charge in [-0.05, 0) is 56.6 Å². The Balaban J connectivity index is 2.01. The van der Waals surface area contributed by atoms with Crippen LogP contribution in [0.1, 0.15) is 22.8 Å². The predicted molar refractivity (Wildman–Crippen MR) is 117 cm³/mol. The van der Waals surface area contributed by atoms with Crippen LogP contribution in [-0.2, 0) is 6.42 Å². The molecule has 1 heterocycles. The molecule has 0 radical (unpaired) electrons. The van der Waals surface area contributed by atoms with E-state index in [1.54, 1.807) is 23.1 Å². The molecule has 27 heavy (non-hydrogen) atoms. The van der Waals surface area contributed by atoms with Gasteiger partial charge in [0.1, 0.15) is 0 Å². The molecule has 0 bridgehead atoms. The maximum Gasteiger partial charge on any atom is 0.260 e. The first-order valence-corrected chi connectivity index (χ1v) is 11.1. The van der Waals surface area contributed by atoms with Crippen LogP contribution in [-0.4, -0.2) is 49.2 Å². The smallest absolute Gasteiger partial charge is 0.260 e. The normalized spacial score (nSPS) is 11.3. The zero-order valence-corrected chi connectivity index (χ0v) is 17.9. The van der Waals surface area contributed by atoms with Gasteiger partial charge < -0.3 is 4.90 Å². The van der Waals surface area contributed by atoms with E-state index in [-0.39, 0.29) is 5.91 Å². The van der Waals surface area contributed by atoms with Gasteiger partial charge in [0.25, 0.3) is 5.91 Å². The van der Waals surface area contributed by atoms with E-state index in [9.17, 15) is 4.79 Å². The average Bonchev–Trinajstić information content (AvgIpc) is 3.11. The number of carbonyl (C=O) groups excluding carboxylic acids is 1. The minimum absolute atomic E-state index is 0.00449. The van der Waals surface area contributed by atoms with Gasteiger partial charge >= 0.3 is 0 Å². The van der Waals surface area contributed by atoms with Crippen molar-refractivity contribution in [1.82, 2.24) is 9.88 Å². The molecule has 0 saturated carbocycles. The monoisotopic (exact) mass is 399 g/mol. The zero-order valence-electron chi connectivity index (χ0n) is 16.2. The molecular weight excluding hydrogens is 374 g/mol. The maximum absolute atomic E-state index is 13.3. The third kappa shape index (κ3) is 4.51. The highest BCUT2D eigenvalue weighted by Crippen LogP contribution is 2.32. The Hall–Kier alpha value is -1.89. The number of aryl methyl sites for hydroxylation is 1. The molecule has 3 rings (SSSR count). The fourth-order valence-corrected chi connectivity index (χ4v) is 4.39. The summed E-state index contributed by atoms with van der Waals surface area (Å²) >= 11 is 3.23. The Labute approximate surface area is 169 Å². The van der Waals surface area contributed by atoms with E-state index in [2.05, 4.69) is 30.0 Å². The summed E-state index contributed by atoms with van der Waals surface area (Å²) in [5.41, 5.74) is 2.94. The number of fused-ring (bicyclic) bond motifs is 1. The first-order chi connectivity index (χ1) is 13.0. The molecule has 0 aliphatic carbocycles. The van der Waals surface area contributed by atoms with Gasteiger partial charge in [-0.1, -0.05) is 36.5 Å². The Morgan fingerprint density at radius 1 is 1.15 bits per heavy atom. The van der Waals surface area contributed by atoms with Crippen LogP contribution in [0.25, 0.3) is 10.2 Å². The molecule has 0 fully saturated rings. The molecule has 1 amide bonds. The molecule has 0 N–H and O–H groups in total. The van der Waals surface area contributed by atoms with Crippen LogP contribution in [0.3, 0.4) is 0 Å². The zero-order chi connectivity index (χ0) is 19.4. The second-order valence-electron chi connectivity index (χ2n) is 6.61. The summed E-state index contributed by atoms with van der Waals surface area (Å²) < 4.78 is 1.13. The fourth-order valence-electron chi connectivity index (χ4n) is 2.89. The van der Waals surface area contributed by atoms with Gasteiger partial charge in [-0.25, -0.2) is 4.98 Å². The molecule has 6 heteroatoms. The molecule has 2 aromatic carbocycles. The number of likely N-dealkylation sites (N-methyl/N-ethyl adjacent to an activating group) is 1.